The predicted octanol–water partition coefficient (Wildman–Crippen LogP) is 3.42. The van der Waals surface area contributed by atoms with Crippen LogP contribution in [0.2, 0.25) is 1.41 Å². The van der Waals surface area contributed by atoms with Gasteiger partial charge < -0.3 is 15.4 Å². The quantitative estimate of drug-likeness (QED) is 0.690. The van der Waals surface area contributed by atoms with Gasteiger partial charge in [0.1, 0.15) is 1.41 Å². The van der Waals surface area contributed by atoms with Crippen LogP contribution in [0.25, 0.3) is 0 Å². The summed E-state index contributed by atoms with van der Waals surface area (Å²) in [5.41, 5.74) is -4.36. The number of rotatable bonds is 4. The van der Waals surface area contributed by atoms with Crippen LogP contribution in [0.1, 0.15) is 39.0 Å². The fourth-order valence-electron chi connectivity index (χ4n) is 5.03. The minimum atomic E-state index is -5.58. The van der Waals surface area contributed by atoms with Crippen LogP contribution in [0.3, 0.4) is 0 Å². The van der Waals surface area contributed by atoms with Crippen LogP contribution in [-0.4, -0.2) is 51.1 Å². The number of halogens is 6. The number of piperidine rings is 1. The monoisotopic (exact) mass is 417 g/mol. The molecule has 3 rings (SSSR count). The minimum Gasteiger partial charge on any atom is -0.381 e. The lowest BCUT2D eigenvalue weighted by molar-refractivity contribution is -0.304. The first-order valence-electron chi connectivity index (χ1n) is 9.94. The van der Waals surface area contributed by atoms with Crippen LogP contribution >= 0.6 is 0 Å². The van der Waals surface area contributed by atoms with Gasteiger partial charge in [0.15, 0.2) is 5.92 Å². The smallest absolute Gasteiger partial charge is 0.381 e. The van der Waals surface area contributed by atoms with Gasteiger partial charge in [0.25, 0.3) is 0 Å². The van der Waals surface area contributed by atoms with Crippen molar-refractivity contribution in [1.29, 1.82) is 0 Å². The highest BCUT2D eigenvalue weighted by molar-refractivity contribution is 5.88. The SMILES string of the molecule is [2H]N1CCC2(CC1)C[C@@]2(C(=O)NCC1(C)CCOCC1)C(C(F)(F)F)C(F)(F)F. The van der Waals surface area contributed by atoms with E-state index in [2.05, 4.69) is 5.32 Å². The van der Waals surface area contributed by atoms with E-state index in [1.807, 2.05) is 6.92 Å². The van der Waals surface area contributed by atoms with Crippen molar-refractivity contribution in [2.24, 2.45) is 22.2 Å². The molecular formula is C18H26F6N2O2. The second-order valence-corrected chi connectivity index (χ2v) is 8.72. The molecular weight excluding hydrogens is 390 g/mol. The lowest BCUT2D eigenvalue weighted by atomic mass is 9.75. The van der Waals surface area contributed by atoms with Gasteiger partial charge in [-0.1, -0.05) is 6.92 Å². The van der Waals surface area contributed by atoms with Gasteiger partial charge in [-0.25, -0.2) is 0 Å². The van der Waals surface area contributed by atoms with Crippen molar-refractivity contribution in [2.45, 2.75) is 51.4 Å². The zero-order chi connectivity index (χ0) is 21.7. The summed E-state index contributed by atoms with van der Waals surface area (Å²) < 4.78 is 94.6. The highest BCUT2D eigenvalue weighted by Crippen LogP contribution is 2.76. The van der Waals surface area contributed by atoms with Crippen molar-refractivity contribution in [1.82, 2.24) is 10.6 Å². The summed E-state index contributed by atoms with van der Waals surface area (Å²) in [6.45, 7) is 2.83. The lowest BCUT2D eigenvalue weighted by Gasteiger charge is -2.38. The summed E-state index contributed by atoms with van der Waals surface area (Å²) in [5, 5.41) is 3.56. The Bertz CT molecular complexity index is 613. The van der Waals surface area contributed by atoms with Crippen LogP contribution in [0, 0.1) is 22.2 Å². The molecule has 0 bridgehead atoms. The molecule has 1 saturated carbocycles. The second kappa shape index (κ2) is 7.04. The molecule has 3 aliphatic rings. The number of carbonyl (C=O) groups is 1. The number of carbonyl (C=O) groups excluding carboxylic acids is 1. The number of amides is 1. The van der Waals surface area contributed by atoms with Gasteiger partial charge in [0.05, 0.1) is 5.41 Å². The van der Waals surface area contributed by atoms with E-state index in [4.69, 9.17) is 6.15 Å². The number of hydrogen-bond donors (Lipinski definition) is 2. The molecule has 2 aliphatic heterocycles. The number of alkyl halides is 6. The Labute approximate surface area is 161 Å². The summed E-state index contributed by atoms with van der Waals surface area (Å²) in [6, 6.07) is 0. The summed E-state index contributed by atoms with van der Waals surface area (Å²) >= 11 is 0. The lowest BCUT2D eigenvalue weighted by Crippen LogP contribution is -2.54. The fraction of sp³-hybridized carbons (Fsp3) is 0.944. The van der Waals surface area contributed by atoms with Crippen molar-refractivity contribution in [3.63, 3.8) is 0 Å². The Morgan fingerprint density at radius 2 is 1.64 bits per heavy atom. The third-order valence-electron chi connectivity index (χ3n) is 6.86. The van der Waals surface area contributed by atoms with Crippen LogP contribution in [0.4, 0.5) is 26.3 Å². The van der Waals surface area contributed by atoms with Gasteiger partial charge in [0, 0.05) is 19.8 Å². The van der Waals surface area contributed by atoms with Crippen molar-refractivity contribution < 1.29 is 37.3 Å². The van der Waals surface area contributed by atoms with E-state index in [0.29, 0.717) is 26.1 Å². The molecule has 0 unspecified atom stereocenters. The molecule has 1 aliphatic carbocycles. The van der Waals surface area contributed by atoms with E-state index in [0.717, 1.165) is 5.31 Å². The Morgan fingerprint density at radius 1 is 1.11 bits per heavy atom. The number of ether oxygens (including phenoxy) is 1. The fourth-order valence-corrected chi connectivity index (χ4v) is 5.03. The summed E-state index contributed by atoms with van der Waals surface area (Å²) in [7, 11) is 0. The van der Waals surface area contributed by atoms with Crippen LogP contribution in [0.15, 0.2) is 0 Å². The molecule has 3 fully saturated rings. The van der Waals surface area contributed by atoms with Gasteiger partial charge in [0.2, 0.25) is 5.91 Å². The number of hydrogen-bond acceptors (Lipinski definition) is 3. The first-order valence-corrected chi connectivity index (χ1v) is 9.49. The van der Waals surface area contributed by atoms with Gasteiger partial charge in [-0.2, -0.15) is 26.3 Å². The molecule has 1 spiro atoms. The molecule has 4 nitrogen and oxygen atoms in total. The highest BCUT2D eigenvalue weighted by Gasteiger charge is 2.83. The van der Waals surface area contributed by atoms with Crippen LogP contribution < -0.4 is 10.6 Å². The van der Waals surface area contributed by atoms with Crippen molar-refractivity contribution in [3.05, 3.63) is 0 Å². The van der Waals surface area contributed by atoms with E-state index < -0.39 is 46.8 Å². The summed E-state index contributed by atoms with van der Waals surface area (Å²) in [5.74, 6) is -4.87. The summed E-state index contributed by atoms with van der Waals surface area (Å²) in [4.78, 5) is 13.0. The van der Waals surface area contributed by atoms with E-state index in [9.17, 15) is 31.1 Å². The minimum absolute atomic E-state index is 0.0139. The standard InChI is InChI=1S/C18H26F6N2O2/c1-14(4-8-28-9-5-14)11-26-13(27)16(10-15(16)2-6-25-7-3-15)12(17(19,20)21)18(22,23)24/h12,25H,2-11H2,1H3,(H,26,27)/t16-/m0/s1/i/hD. The highest BCUT2D eigenvalue weighted by atomic mass is 19.4. The average molecular weight is 417 g/mol. The van der Waals surface area contributed by atoms with E-state index in [1.54, 1.807) is 0 Å². The Morgan fingerprint density at radius 3 is 2.14 bits per heavy atom. The zero-order valence-electron chi connectivity index (χ0n) is 16.7. The van der Waals surface area contributed by atoms with Crippen LogP contribution in [0.5, 0.6) is 0 Å². The maximum absolute atomic E-state index is 13.6. The largest absolute Gasteiger partial charge is 0.401 e. The molecule has 2 heterocycles. The molecule has 0 aromatic carbocycles. The normalized spacial score (nSPS) is 30.9. The molecule has 2 saturated heterocycles. The van der Waals surface area contributed by atoms with Crippen LogP contribution in [-0.2, 0) is 9.53 Å². The predicted molar refractivity (Wildman–Crippen MR) is 88.4 cm³/mol. The summed E-state index contributed by atoms with van der Waals surface area (Å²) in [6.07, 6.45) is -10.5. The second-order valence-electron chi connectivity index (χ2n) is 8.72. The zero-order valence-corrected chi connectivity index (χ0v) is 15.7. The van der Waals surface area contributed by atoms with E-state index >= 15 is 0 Å². The first kappa shape index (κ1) is 20.3. The third kappa shape index (κ3) is 3.74. The van der Waals surface area contributed by atoms with Crippen molar-refractivity contribution in [2.75, 3.05) is 32.8 Å². The first-order chi connectivity index (χ1) is 13.3. The number of nitrogens with one attached hydrogen (secondary N) is 2. The molecule has 0 aromatic heterocycles. The molecule has 162 valence electrons. The Kier molecular flexibility index (Phi) is 5.09. The molecule has 1 amide bonds. The van der Waals surface area contributed by atoms with Gasteiger partial charge in [-0.05, 0) is 56.0 Å². The topological polar surface area (TPSA) is 50.4 Å². The maximum Gasteiger partial charge on any atom is 0.401 e. The molecule has 2 N–H and O–H groups in total. The average Bonchev–Trinajstić information content (AvgIpc) is 3.21. The molecule has 28 heavy (non-hydrogen) atoms. The van der Waals surface area contributed by atoms with Gasteiger partial charge >= 0.3 is 12.4 Å². The van der Waals surface area contributed by atoms with Gasteiger partial charge in [-0.3, -0.25) is 4.79 Å². The van der Waals surface area contributed by atoms with E-state index in [-0.39, 0.29) is 32.5 Å². The molecule has 10 heteroatoms. The molecule has 1 atom stereocenters. The van der Waals surface area contributed by atoms with Gasteiger partial charge in [-0.15, -0.1) is 0 Å². The van der Waals surface area contributed by atoms with E-state index in [1.165, 1.54) is 0 Å². The maximum atomic E-state index is 13.6. The molecule has 0 radical (unpaired) electrons. The Balaban J connectivity index is 1.89. The van der Waals surface area contributed by atoms with Crippen molar-refractivity contribution in [3.8, 4) is 0 Å². The Hall–Kier alpha value is -1.03. The van der Waals surface area contributed by atoms with Crippen molar-refractivity contribution >= 4 is 5.91 Å². The molecule has 0 aromatic rings. The third-order valence-corrected chi connectivity index (χ3v) is 6.86.